The van der Waals surface area contributed by atoms with Gasteiger partial charge in [-0.1, -0.05) is 30.3 Å². The number of carbonyl (C=O) groups is 3. The Bertz CT molecular complexity index is 882. The van der Waals surface area contributed by atoms with Gasteiger partial charge in [0.2, 0.25) is 0 Å². The molecule has 1 atom stereocenters. The van der Waals surface area contributed by atoms with Crippen LogP contribution in [0.25, 0.3) is 0 Å². The van der Waals surface area contributed by atoms with Crippen molar-refractivity contribution >= 4 is 23.6 Å². The topological polar surface area (TPSA) is 87.7 Å². The molecule has 0 radical (unpaired) electrons. The SMILES string of the molecule is COC(=O)CNC(=O)NCc1ccc2c(c1)N(C(=O)c1ccccc1)[C@@H](C)C2. The minimum atomic E-state index is -0.517. The number of carbonyl (C=O) groups excluding carboxylic acids is 3. The molecule has 0 bridgehead atoms. The van der Waals surface area contributed by atoms with Gasteiger partial charge in [-0.3, -0.25) is 9.59 Å². The average molecular weight is 381 g/mol. The molecule has 3 rings (SSSR count). The standard InChI is InChI=1S/C21H23N3O4/c1-14-10-17-9-8-15(12-22-21(27)23-13-19(25)28-2)11-18(17)24(14)20(26)16-6-4-3-5-7-16/h3-9,11,14H,10,12-13H2,1-2H3,(H2,22,23,27)/t14-/m0/s1. The van der Waals surface area contributed by atoms with E-state index >= 15 is 0 Å². The number of hydrogen-bond acceptors (Lipinski definition) is 4. The highest BCUT2D eigenvalue weighted by atomic mass is 16.5. The molecule has 7 nitrogen and oxygen atoms in total. The summed E-state index contributed by atoms with van der Waals surface area (Å²) in [5.41, 5.74) is 3.49. The number of methoxy groups -OCH3 is 1. The Morgan fingerprint density at radius 2 is 1.86 bits per heavy atom. The molecule has 0 aromatic heterocycles. The molecule has 0 saturated heterocycles. The van der Waals surface area contributed by atoms with Crippen molar-refractivity contribution in [3.05, 3.63) is 65.2 Å². The quantitative estimate of drug-likeness (QED) is 0.778. The van der Waals surface area contributed by atoms with Crippen LogP contribution in [-0.4, -0.2) is 37.6 Å². The Labute approximate surface area is 163 Å². The number of ether oxygens (including phenoxy) is 1. The highest BCUT2D eigenvalue weighted by Gasteiger charge is 2.31. The molecule has 146 valence electrons. The number of rotatable bonds is 5. The Balaban J connectivity index is 1.70. The number of benzene rings is 2. The normalized spacial score (nSPS) is 14.9. The average Bonchev–Trinajstić information content (AvgIpc) is 3.05. The van der Waals surface area contributed by atoms with Gasteiger partial charge in [-0.2, -0.15) is 0 Å². The molecular weight excluding hydrogens is 358 g/mol. The largest absolute Gasteiger partial charge is 0.468 e. The predicted octanol–water partition coefficient (Wildman–Crippen LogP) is 2.25. The molecule has 28 heavy (non-hydrogen) atoms. The van der Waals surface area contributed by atoms with Crippen molar-refractivity contribution in [2.75, 3.05) is 18.6 Å². The molecule has 1 aliphatic rings. The number of anilines is 1. The van der Waals surface area contributed by atoms with Gasteiger partial charge >= 0.3 is 12.0 Å². The molecule has 0 spiro atoms. The van der Waals surface area contributed by atoms with Crippen LogP contribution in [0.4, 0.5) is 10.5 Å². The minimum absolute atomic E-state index is 0.0345. The summed E-state index contributed by atoms with van der Waals surface area (Å²) in [5.74, 6) is -0.551. The van der Waals surface area contributed by atoms with Crippen LogP contribution in [0.3, 0.4) is 0 Å². The lowest BCUT2D eigenvalue weighted by molar-refractivity contribution is -0.139. The van der Waals surface area contributed by atoms with Crippen LogP contribution in [-0.2, 0) is 22.5 Å². The molecule has 1 aliphatic heterocycles. The van der Waals surface area contributed by atoms with Crippen LogP contribution < -0.4 is 15.5 Å². The van der Waals surface area contributed by atoms with Crippen LogP contribution in [0.1, 0.15) is 28.4 Å². The monoisotopic (exact) mass is 381 g/mol. The van der Waals surface area contributed by atoms with E-state index < -0.39 is 12.0 Å². The van der Waals surface area contributed by atoms with Gasteiger partial charge in [0.1, 0.15) is 6.54 Å². The lowest BCUT2D eigenvalue weighted by atomic mass is 10.1. The zero-order valence-electron chi connectivity index (χ0n) is 15.9. The summed E-state index contributed by atoms with van der Waals surface area (Å²) in [5, 5.41) is 5.12. The zero-order valence-corrected chi connectivity index (χ0v) is 15.9. The van der Waals surface area contributed by atoms with E-state index in [2.05, 4.69) is 15.4 Å². The molecule has 0 aliphatic carbocycles. The summed E-state index contributed by atoms with van der Waals surface area (Å²) in [6, 6.07) is 14.7. The van der Waals surface area contributed by atoms with Crippen molar-refractivity contribution in [1.82, 2.24) is 10.6 Å². The van der Waals surface area contributed by atoms with Gasteiger partial charge in [-0.25, -0.2) is 4.79 Å². The first-order chi connectivity index (χ1) is 13.5. The maximum absolute atomic E-state index is 13.0. The molecule has 0 saturated carbocycles. The van der Waals surface area contributed by atoms with Crippen LogP contribution in [0.5, 0.6) is 0 Å². The van der Waals surface area contributed by atoms with Crippen molar-refractivity contribution in [1.29, 1.82) is 0 Å². The molecule has 2 N–H and O–H groups in total. The highest BCUT2D eigenvalue weighted by molar-refractivity contribution is 6.07. The third-order valence-electron chi connectivity index (χ3n) is 4.68. The molecule has 2 aromatic rings. The van der Waals surface area contributed by atoms with E-state index in [1.165, 1.54) is 7.11 Å². The van der Waals surface area contributed by atoms with E-state index in [-0.39, 0.29) is 25.0 Å². The smallest absolute Gasteiger partial charge is 0.325 e. The second-order valence-electron chi connectivity index (χ2n) is 6.67. The molecule has 2 aromatic carbocycles. The van der Waals surface area contributed by atoms with E-state index in [4.69, 9.17) is 0 Å². The van der Waals surface area contributed by atoms with Gasteiger partial charge in [0, 0.05) is 23.8 Å². The van der Waals surface area contributed by atoms with Crippen LogP contribution >= 0.6 is 0 Å². The van der Waals surface area contributed by atoms with E-state index in [1.54, 1.807) is 0 Å². The number of nitrogens with one attached hydrogen (secondary N) is 2. The first-order valence-electron chi connectivity index (χ1n) is 9.08. The summed E-state index contributed by atoms with van der Waals surface area (Å²) in [4.78, 5) is 37.6. The van der Waals surface area contributed by atoms with Crippen molar-refractivity contribution < 1.29 is 19.1 Å². The molecular formula is C21H23N3O4. The summed E-state index contributed by atoms with van der Waals surface area (Å²) in [6.45, 7) is 2.12. The van der Waals surface area contributed by atoms with Gasteiger partial charge in [0.25, 0.3) is 5.91 Å². The lowest BCUT2D eigenvalue weighted by Crippen LogP contribution is -2.38. The molecule has 1 heterocycles. The van der Waals surface area contributed by atoms with Crippen molar-refractivity contribution in [3.8, 4) is 0 Å². The van der Waals surface area contributed by atoms with Crippen molar-refractivity contribution in [2.24, 2.45) is 0 Å². The van der Waals surface area contributed by atoms with Gasteiger partial charge in [0.15, 0.2) is 0 Å². The van der Waals surface area contributed by atoms with Crippen molar-refractivity contribution in [2.45, 2.75) is 25.9 Å². The number of nitrogens with zero attached hydrogens (tertiary/aromatic N) is 1. The molecule has 7 heteroatoms. The van der Waals surface area contributed by atoms with Gasteiger partial charge < -0.3 is 20.3 Å². The summed E-state index contributed by atoms with van der Waals surface area (Å²) in [6.07, 6.45) is 0.793. The van der Waals surface area contributed by atoms with Gasteiger partial charge in [0.05, 0.1) is 7.11 Å². The van der Waals surface area contributed by atoms with E-state index in [1.807, 2.05) is 60.4 Å². The van der Waals surface area contributed by atoms with Gasteiger partial charge in [-0.15, -0.1) is 0 Å². The second-order valence-corrected chi connectivity index (χ2v) is 6.67. The number of esters is 1. The molecule has 0 fully saturated rings. The summed E-state index contributed by atoms with van der Waals surface area (Å²) < 4.78 is 4.48. The fraction of sp³-hybridized carbons (Fsp3) is 0.286. The van der Waals surface area contributed by atoms with E-state index in [0.717, 1.165) is 23.2 Å². The Morgan fingerprint density at radius 3 is 2.57 bits per heavy atom. The first-order valence-corrected chi connectivity index (χ1v) is 9.08. The summed E-state index contributed by atoms with van der Waals surface area (Å²) in [7, 11) is 1.26. The third-order valence-corrected chi connectivity index (χ3v) is 4.68. The van der Waals surface area contributed by atoms with Gasteiger partial charge in [-0.05, 0) is 42.7 Å². The maximum atomic E-state index is 13.0. The van der Waals surface area contributed by atoms with Crippen LogP contribution in [0.15, 0.2) is 48.5 Å². The number of hydrogen-bond donors (Lipinski definition) is 2. The Kier molecular flexibility index (Phi) is 5.93. The molecule has 3 amide bonds. The number of fused-ring (bicyclic) bond motifs is 1. The molecule has 0 unspecified atom stereocenters. The predicted molar refractivity (Wildman–Crippen MR) is 105 cm³/mol. The van der Waals surface area contributed by atoms with E-state index in [0.29, 0.717) is 5.56 Å². The highest BCUT2D eigenvalue weighted by Crippen LogP contribution is 2.34. The number of urea groups is 1. The fourth-order valence-corrected chi connectivity index (χ4v) is 3.26. The Hall–Kier alpha value is -3.35. The lowest BCUT2D eigenvalue weighted by Gasteiger charge is -2.23. The maximum Gasteiger partial charge on any atom is 0.325 e. The third kappa shape index (κ3) is 4.31. The number of amides is 3. The van der Waals surface area contributed by atoms with Crippen molar-refractivity contribution in [3.63, 3.8) is 0 Å². The van der Waals surface area contributed by atoms with Crippen LogP contribution in [0, 0.1) is 0 Å². The van der Waals surface area contributed by atoms with E-state index in [9.17, 15) is 14.4 Å². The fourth-order valence-electron chi connectivity index (χ4n) is 3.26. The first kappa shape index (κ1) is 19.4. The van der Waals surface area contributed by atoms with Crippen LogP contribution in [0.2, 0.25) is 0 Å². The second kappa shape index (κ2) is 8.56. The Morgan fingerprint density at radius 1 is 1.11 bits per heavy atom. The summed E-state index contributed by atoms with van der Waals surface area (Å²) >= 11 is 0. The minimum Gasteiger partial charge on any atom is -0.468 e. The zero-order chi connectivity index (χ0) is 20.1.